The zero-order valence-electron chi connectivity index (χ0n) is 10.6. The molecule has 1 fully saturated rings. The largest absolute Gasteiger partial charge is 0.480 e. The van der Waals surface area contributed by atoms with E-state index >= 15 is 0 Å². The van der Waals surface area contributed by atoms with Crippen LogP contribution in [0.2, 0.25) is 0 Å². The minimum atomic E-state index is -3.29. The molecule has 1 aliphatic heterocycles. The van der Waals surface area contributed by atoms with Gasteiger partial charge in [0.15, 0.2) is 0 Å². The summed E-state index contributed by atoms with van der Waals surface area (Å²) < 4.78 is 25.3. The topological polar surface area (TPSA) is 86.7 Å². The van der Waals surface area contributed by atoms with Crippen LogP contribution >= 0.6 is 12.4 Å². The van der Waals surface area contributed by atoms with Crippen LogP contribution in [-0.4, -0.2) is 55.8 Å². The minimum absolute atomic E-state index is 0. The van der Waals surface area contributed by atoms with E-state index < -0.39 is 22.0 Å². The van der Waals surface area contributed by atoms with Crippen molar-refractivity contribution in [3.63, 3.8) is 0 Å². The van der Waals surface area contributed by atoms with Gasteiger partial charge in [0.1, 0.15) is 6.04 Å². The lowest BCUT2D eigenvalue weighted by atomic mass is 10.1. The van der Waals surface area contributed by atoms with Crippen LogP contribution in [0.1, 0.15) is 26.2 Å². The maximum Gasteiger partial charge on any atom is 0.320 e. The molecule has 2 N–H and O–H groups in total. The minimum Gasteiger partial charge on any atom is -0.480 e. The van der Waals surface area contributed by atoms with Crippen molar-refractivity contribution in [3.05, 3.63) is 0 Å². The third-order valence-corrected chi connectivity index (χ3v) is 4.66. The second-order valence-corrected chi connectivity index (χ2v) is 6.25. The summed E-state index contributed by atoms with van der Waals surface area (Å²) in [6.07, 6.45) is 2.09. The average Bonchev–Trinajstić information content (AvgIpc) is 2.66. The Bertz CT molecular complexity index is 374. The van der Waals surface area contributed by atoms with Gasteiger partial charge in [-0.15, -0.1) is 12.4 Å². The molecule has 8 heteroatoms. The highest BCUT2D eigenvalue weighted by atomic mass is 35.5. The summed E-state index contributed by atoms with van der Waals surface area (Å²) in [5.74, 6) is -0.894. The summed E-state index contributed by atoms with van der Waals surface area (Å²) >= 11 is 0. The monoisotopic (exact) mass is 300 g/mol. The zero-order valence-corrected chi connectivity index (χ0v) is 12.3. The van der Waals surface area contributed by atoms with Crippen LogP contribution in [-0.2, 0) is 14.8 Å². The van der Waals surface area contributed by atoms with Crippen molar-refractivity contribution in [2.24, 2.45) is 0 Å². The van der Waals surface area contributed by atoms with E-state index in [4.69, 9.17) is 5.11 Å². The van der Waals surface area contributed by atoms with Crippen molar-refractivity contribution >= 4 is 28.4 Å². The lowest BCUT2D eigenvalue weighted by molar-refractivity contribution is -0.143. The van der Waals surface area contributed by atoms with Crippen molar-refractivity contribution in [3.8, 4) is 0 Å². The first-order chi connectivity index (χ1) is 7.91. The predicted octanol–water partition coefficient (Wildman–Crippen LogP) is 0.285. The fourth-order valence-corrected chi connectivity index (χ4v) is 3.37. The van der Waals surface area contributed by atoms with Crippen molar-refractivity contribution in [1.82, 2.24) is 9.62 Å². The quantitative estimate of drug-likeness (QED) is 0.736. The second kappa shape index (κ2) is 7.28. The number of nitrogens with one attached hydrogen (secondary N) is 1. The van der Waals surface area contributed by atoms with Crippen LogP contribution in [0.3, 0.4) is 0 Å². The molecule has 1 aliphatic rings. The van der Waals surface area contributed by atoms with E-state index in [1.807, 2.05) is 0 Å². The number of aliphatic carboxylic acids is 1. The van der Waals surface area contributed by atoms with E-state index in [9.17, 15) is 13.2 Å². The van der Waals surface area contributed by atoms with Gasteiger partial charge in [-0.05, 0) is 32.9 Å². The highest BCUT2D eigenvalue weighted by Gasteiger charge is 2.35. The number of rotatable bonds is 6. The Morgan fingerprint density at radius 2 is 2.17 bits per heavy atom. The van der Waals surface area contributed by atoms with E-state index in [0.29, 0.717) is 13.0 Å². The van der Waals surface area contributed by atoms with Crippen molar-refractivity contribution < 1.29 is 18.3 Å². The molecular formula is C10H21ClN2O4S. The number of carboxylic acids is 1. The molecular weight excluding hydrogens is 280 g/mol. The van der Waals surface area contributed by atoms with Crippen molar-refractivity contribution in [2.45, 2.75) is 38.3 Å². The second-order valence-electron chi connectivity index (χ2n) is 4.28. The lowest BCUT2D eigenvalue weighted by Gasteiger charge is -2.29. The van der Waals surface area contributed by atoms with E-state index in [-0.39, 0.29) is 24.2 Å². The maximum atomic E-state index is 11.5. The molecule has 0 aromatic carbocycles. The third kappa shape index (κ3) is 4.38. The van der Waals surface area contributed by atoms with E-state index in [2.05, 4.69) is 4.72 Å². The number of carboxylic acid groups (broad SMARTS) is 1. The van der Waals surface area contributed by atoms with Gasteiger partial charge in [-0.2, -0.15) is 0 Å². The molecule has 2 unspecified atom stereocenters. The molecule has 0 amide bonds. The number of carbonyl (C=O) groups is 1. The Labute approximate surface area is 114 Å². The van der Waals surface area contributed by atoms with Crippen molar-refractivity contribution in [1.29, 1.82) is 0 Å². The van der Waals surface area contributed by atoms with E-state index in [1.165, 1.54) is 7.05 Å². The number of sulfonamides is 1. The molecule has 1 rings (SSSR count). The summed E-state index contributed by atoms with van der Waals surface area (Å²) in [5, 5.41) is 9.10. The van der Waals surface area contributed by atoms with Gasteiger partial charge in [-0.3, -0.25) is 9.69 Å². The summed E-state index contributed by atoms with van der Waals surface area (Å²) in [6, 6.07) is -0.761. The number of hydrogen-bond donors (Lipinski definition) is 2. The maximum absolute atomic E-state index is 11.5. The molecule has 1 saturated heterocycles. The third-order valence-electron chi connectivity index (χ3n) is 3.22. The highest BCUT2D eigenvalue weighted by Crippen LogP contribution is 2.22. The predicted molar refractivity (Wildman–Crippen MR) is 71.5 cm³/mol. The SMILES string of the molecule is CCC(C(=O)O)N1CCCC1CS(=O)(=O)NC.Cl. The average molecular weight is 301 g/mol. The number of likely N-dealkylation sites (tertiary alicyclic amines) is 1. The van der Waals surface area contributed by atoms with Gasteiger partial charge in [0, 0.05) is 6.04 Å². The van der Waals surface area contributed by atoms with Crippen LogP contribution in [0.4, 0.5) is 0 Å². The molecule has 0 aliphatic carbocycles. The molecule has 6 nitrogen and oxygen atoms in total. The van der Waals surface area contributed by atoms with Crippen LogP contribution in [0.5, 0.6) is 0 Å². The molecule has 108 valence electrons. The van der Waals surface area contributed by atoms with Crippen LogP contribution in [0.15, 0.2) is 0 Å². The number of hydrogen-bond acceptors (Lipinski definition) is 4. The Morgan fingerprint density at radius 1 is 1.56 bits per heavy atom. The fraction of sp³-hybridized carbons (Fsp3) is 0.900. The Hall–Kier alpha value is -0.370. The normalized spacial score (nSPS) is 22.4. The summed E-state index contributed by atoms with van der Waals surface area (Å²) in [7, 11) is -1.91. The number of halogens is 1. The zero-order chi connectivity index (χ0) is 13.1. The Kier molecular flexibility index (Phi) is 7.13. The van der Waals surface area contributed by atoms with E-state index in [0.717, 1.165) is 12.8 Å². The molecule has 0 radical (unpaired) electrons. The van der Waals surface area contributed by atoms with Gasteiger partial charge >= 0.3 is 5.97 Å². The summed E-state index contributed by atoms with van der Waals surface area (Å²) in [6.45, 7) is 2.47. The fourth-order valence-electron chi connectivity index (χ4n) is 2.33. The molecule has 2 atom stereocenters. The van der Waals surface area contributed by atoms with Crippen LogP contribution < -0.4 is 4.72 Å². The summed E-state index contributed by atoms with van der Waals surface area (Å²) in [4.78, 5) is 12.9. The Balaban J connectivity index is 0.00000289. The first kappa shape index (κ1) is 17.6. The smallest absolute Gasteiger partial charge is 0.320 e. The van der Waals surface area contributed by atoms with Gasteiger partial charge in [0.2, 0.25) is 10.0 Å². The Morgan fingerprint density at radius 3 is 2.61 bits per heavy atom. The van der Waals surface area contributed by atoms with Crippen molar-refractivity contribution in [2.75, 3.05) is 19.3 Å². The number of nitrogens with zero attached hydrogens (tertiary/aromatic N) is 1. The molecule has 0 spiro atoms. The van der Waals surface area contributed by atoms with Gasteiger partial charge in [0.05, 0.1) is 5.75 Å². The first-order valence-electron chi connectivity index (χ1n) is 5.81. The van der Waals surface area contributed by atoms with Crippen LogP contribution in [0.25, 0.3) is 0 Å². The van der Waals surface area contributed by atoms with Gasteiger partial charge in [-0.25, -0.2) is 13.1 Å². The molecule has 0 saturated carbocycles. The van der Waals surface area contributed by atoms with Crippen LogP contribution in [0, 0.1) is 0 Å². The molecule has 0 aromatic rings. The standard InChI is InChI=1S/C10H20N2O4S.ClH/c1-3-9(10(13)14)12-6-4-5-8(12)7-17(15,16)11-2;/h8-9,11H,3-7H2,1-2H3,(H,13,14);1H. The molecule has 18 heavy (non-hydrogen) atoms. The summed E-state index contributed by atoms with van der Waals surface area (Å²) in [5.41, 5.74) is 0. The molecule has 0 aromatic heterocycles. The molecule has 0 bridgehead atoms. The van der Waals surface area contributed by atoms with Gasteiger partial charge in [0.25, 0.3) is 0 Å². The highest BCUT2D eigenvalue weighted by molar-refractivity contribution is 7.89. The molecule has 1 heterocycles. The van der Waals surface area contributed by atoms with Gasteiger partial charge < -0.3 is 5.11 Å². The first-order valence-corrected chi connectivity index (χ1v) is 7.46. The van der Waals surface area contributed by atoms with Gasteiger partial charge in [-0.1, -0.05) is 6.92 Å². The lowest BCUT2D eigenvalue weighted by Crippen LogP contribution is -2.47. The van der Waals surface area contributed by atoms with E-state index in [1.54, 1.807) is 11.8 Å².